The molecular formula is C13H23NO3. The largest absolute Gasteiger partial charge is 0.466 e. The molecule has 2 atom stereocenters. The van der Waals surface area contributed by atoms with Crippen LogP contribution >= 0.6 is 0 Å². The molecule has 0 saturated carbocycles. The summed E-state index contributed by atoms with van der Waals surface area (Å²) in [5.74, 6) is 0.360. The van der Waals surface area contributed by atoms with Gasteiger partial charge in [0.2, 0.25) is 0 Å². The molecule has 17 heavy (non-hydrogen) atoms. The molecule has 1 rings (SSSR count). The summed E-state index contributed by atoms with van der Waals surface area (Å²) in [7, 11) is 1.41. The Balaban J connectivity index is 2.25. The zero-order chi connectivity index (χ0) is 12.7. The Morgan fingerprint density at radius 3 is 2.88 bits per heavy atom. The highest BCUT2D eigenvalue weighted by molar-refractivity contribution is 5.88. The second-order valence-electron chi connectivity index (χ2n) is 4.36. The van der Waals surface area contributed by atoms with Crippen LogP contribution in [0.5, 0.6) is 0 Å². The molecular weight excluding hydrogens is 218 g/mol. The van der Waals surface area contributed by atoms with E-state index in [0.717, 1.165) is 25.1 Å². The van der Waals surface area contributed by atoms with Crippen molar-refractivity contribution in [2.24, 2.45) is 5.92 Å². The van der Waals surface area contributed by atoms with Gasteiger partial charge < -0.3 is 14.8 Å². The molecule has 0 bridgehead atoms. The first-order valence-corrected chi connectivity index (χ1v) is 6.28. The molecule has 1 aliphatic rings. The van der Waals surface area contributed by atoms with Crippen molar-refractivity contribution in [3.8, 4) is 0 Å². The summed E-state index contributed by atoms with van der Waals surface area (Å²) in [5.41, 5.74) is 0.732. The minimum atomic E-state index is -0.230. The second-order valence-corrected chi connectivity index (χ2v) is 4.36. The van der Waals surface area contributed by atoms with Gasteiger partial charge in [-0.25, -0.2) is 4.79 Å². The van der Waals surface area contributed by atoms with Crippen molar-refractivity contribution in [3.05, 3.63) is 11.6 Å². The highest BCUT2D eigenvalue weighted by atomic mass is 16.5. The molecule has 4 nitrogen and oxygen atoms in total. The van der Waals surface area contributed by atoms with Crippen LogP contribution in [-0.4, -0.2) is 38.9 Å². The summed E-state index contributed by atoms with van der Waals surface area (Å²) >= 11 is 0. The number of carbonyl (C=O) groups is 1. The average molecular weight is 241 g/mol. The molecule has 1 aliphatic heterocycles. The van der Waals surface area contributed by atoms with E-state index in [9.17, 15) is 4.79 Å². The first kappa shape index (κ1) is 14.2. The van der Waals surface area contributed by atoms with E-state index in [1.807, 2.05) is 13.0 Å². The molecule has 4 heteroatoms. The Kier molecular flexibility index (Phi) is 6.22. The predicted molar refractivity (Wildman–Crippen MR) is 66.8 cm³/mol. The number of hydrogen-bond acceptors (Lipinski definition) is 4. The molecule has 2 unspecified atom stereocenters. The van der Waals surface area contributed by atoms with Gasteiger partial charge >= 0.3 is 5.97 Å². The van der Waals surface area contributed by atoms with Crippen molar-refractivity contribution in [3.63, 3.8) is 0 Å². The van der Waals surface area contributed by atoms with Crippen molar-refractivity contribution in [1.82, 2.24) is 5.32 Å². The second kappa shape index (κ2) is 7.45. The molecule has 1 heterocycles. The van der Waals surface area contributed by atoms with Crippen molar-refractivity contribution < 1.29 is 14.3 Å². The van der Waals surface area contributed by atoms with Gasteiger partial charge in [0.1, 0.15) is 0 Å². The van der Waals surface area contributed by atoms with Crippen LogP contribution < -0.4 is 5.32 Å². The fourth-order valence-electron chi connectivity index (χ4n) is 2.01. The number of carbonyl (C=O) groups excluding carboxylic acids is 1. The summed E-state index contributed by atoms with van der Waals surface area (Å²) in [5, 5.41) is 3.34. The van der Waals surface area contributed by atoms with Gasteiger partial charge in [0.25, 0.3) is 0 Å². The van der Waals surface area contributed by atoms with Crippen LogP contribution in [0, 0.1) is 5.92 Å². The number of nitrogens with one attached hydrogen (secondary N) is 1. The Bertz CT molecular complexity index is 276. The standard InChI is InChI=1S/C13H23NO3/c1-4-11(13(15)16-3)5-7-14-9-12-6-8-17-10(12)2/h5,10,12,14H,4,6-9H2,1-3H3. The van der Waals surface area contributed by atoms with E-state index in [0.29, 0.717) is 25.0 Å². The van der Waals surface area contributed by atoms with Gasteiger partial charge in [-0.15, -0.1) is 0 Å². The fraction of sp³-hybridized carbons (Fsp3) is 0.769. The van der Waals surface area contributed by atoms with Gasteiger partial charge in [-0.05, 0) is 25.7 Å². The maximum atomic E-state index is 11.3. The van der Waals surface area contributed by atoms with Crippen LogP contribution in [0.1, 0.15) is 26.7 Å². The smallest absolute Gasteiger partial charge is 0.333 e. The highest BCUT2D eigenvalue weighted by Crippen LogP contribution is 2.19. The van der Waals surface area contributed by atoms with Crippen molar-refractivity contribution in [2.45, 2.75) is 32.8 Å². The van der Waals surface area contributed by atoms with Crippen LogP contribution in [0.3, 0.4) is 0 Å². The number of esters is 1. The van der Waals surface area contributed by atoms with E-state index in [1.165, 1.54) is 7.11 Å². The molecule has 0 amide bonds. The summed E-state index contributed by atoms with van der Waals surface area (Å²) < 4.78 is 10.2. The minimum absolute atomic E-state index is 0.230. The molecule has 1 N–H and O–H groups in total. The third kappa shape index (κ3) is 4.48. The van der Waals surface area contributed by atoms with E-state index in [-0.39, 0.29) is 5.97 Å². The first-order chi connectivity index (χ1) is 8.19. The molecule has 0 spiro atoms. The van der Waals surface area contributed by atoms with Crippen LogP contribution in [0.15, 0.2) is 11.6 Å². The molecule has 0 aliphatic carbocycles. The SMILES string of the molecule is CCC(=CCNCC1CCOC1C)C(=O)OC. The number of hydrogen-bond donors (Lipinski definition) is 1. The lowest BCUT2D eigenvalue weighted by Crippen LogP contribution is -2.27. The third-order valence-corrected chi connectivity index (χ3v) is 3.26. The van der Waals surface area contributed by atoms with Crippen LogP contribution in [0.2, 0.25) is 0 Å². The Morgan fingerprint density at radius 1 is 1.59 bits per heavy atom. The molecule has 0 aromatic carbocycles. The summed E-state index contributed by atoms with van der Waals surface area (Å²) in [6.07, 6.45) is 4.08. The first-order valence-electron chi connectivity index (χ1n) is 6.28. The number of methoxy groups -OCH3 is 1. The molecule has 0 radical (unpaired) electrons. The van der Waals surface area contributed by atoms with Gasteiger partial charge in [0.05, 0.1) is 13.2 Å². The van der Waals surface area contributed by atoms with Crippen LogP contribution in [-0.2, 0) is 14.3 Å². The van der Waals surface area contributed by atoms with Gasteiger partial charge in [0.15, 0.2) is 0 Å². The predicted octanol–water partition coefficient (Wildman–Crippen LogP) is 1.51. The summed E-state index contributed by atoms with van der Waals surface area (Å²) in [6, 6.07) is 0. The van der Waals surface area contributed by atoms with E-state index in [2.05, 4.69) is 12.2 Å². The quantitative estimate of drug-likeness (QED) is 0.435. The van der Waals surface area contributed by atoms with E-state index in [1.54, 1.807) is 0 Å². The minimum Gasteiger partial charge on any atom is -0.466 e. The lowest BCUT2D eigenvalue weighted by molar-refractivity contribution is -0.136. The zero-order valence-electron chi connectivity index (χ0n) is 11.0. The maximum absolute atomic E-state index is 11.3. The molecule has 0 aromatic rings. The Hall–Kier alpha value is -0.870. The lowest BCUT2D eigenvalue weighted by Gasteiger charge is -2.14. The number of ether oxygens (including phenoxy) is 2. The Labute approximate surface area is 103 Å². The molecule has 1 saturated heterocycles. The zero-order valence-corrected chi connectivity index (χ0v) is 11.0. The van der Waals surface area contributed by atoms with E-state index < -0.39 is 0 Å². The van der Waals surface area contributed by atoms with Gasteiger partial charge in [-0.3, -0.25) is 0 Å². The maximum Gasteiger partial charge on any atom is 0.333 e. The average Bonchev–Trinajstić information content (AvgIpc) is 2.74. The normalized spacial score (nSPS) is 25.0. The lowest BCUT2D eigenvalue weighted by atomic mass is 10.0. The monoisotopic (exact) mass is 241 g/mol. The summed E-state index contributed by atoms with van der Waals surface area (Å²) in [4.78, 5) is 11.3. The van der Waals surface area contributed by atoms with E-state index in [4.69, 9.17) is 9.47 Å². The summed E-state index contributed by atoms with van der Waals surface area (Å²) in [6.45, 7) is 6.58. The van der Waals surface area contributed by atoms with Crippen molar-refractivity contribution >= 4 is 5.97 Å². The van der Waals surface area contributed by atoms with Crippen molar-refractivity contribution in [1.29, 1.82) is 0 Å². The van der Waals surface area contributed by atoms with Gasteiger partial charge in [0, 0.05) is 25.3 Å². The van der Waals surface area contributed by atoms with E-state index >= 15 is 0 Å². The molecule has 0 aromatic heterocycles. The topological polar surface area (TPSA) is 47.6 Å². The molecule has 98 valence electrons. The number of rotatable bonds is 6. The molecule has 1 fully saturated rings. The van der Waals surface area contributed by atoms with Gasteiger partial charge in [-0.1, -0.05) is 13.0 Å². The van der Waals surface area contributed by atoms with Crippen LogP contribution in [0.4, 0.5) is 0 Å². The van der Waals surface area contributed by atoms with Crippen LogP contribution in [0.25, 0.3) is 0 Å². The van der Waals surface area contributed by atoms with Gasteiger partial charge in [-0.2, -0.15) is 0 Å². The third-order valence-electron chi connectivity index (χ3n) is 3.26. The van der Waals surface area contributed by atoms with Crippen molar-refractivity contribution in [2.75, 3.05) is 26.8 Å². The Morgan fingerprint density at radius 2 is 2.35 bits per heavy atom. The highest BCUT2D eigenvalue weighted by Gasteiger charge is 2.23. The fourth-order valence-corrected chi connectivity index (χ4v) is 2.01.